The number of unbranched alkanes of at least 4 members (excludes halogenated alkanes) is 2. The van der Waals surface area contributed by atoms with Crippen molar-refractivity contribution in [2.45, 2.75) is 45.6 Å². The van der Waals surface area contributed by atoms with Gasteiger partial charge in [-0.05, 0) is 31.5 Å². The molecule has 18 heavy (non-hydrogen) atoms. The summed E-state index contributed by atoms with van der Waals surface area (Å²) in [5.41, 5.74) is 7.32. The Morgan fingerprint density at radius 3 is 2.72 bits per heavy atom. The van der Waals surface area contributed by atoms with Crippen LogP contribution in [0.2, 0.25) is 5.02 Å². The molecule has 0 bridgehead atoms. The predicted octanol–water partition coefficient (Wildman–Crippen LogP) is 4.35. The average molecular weight is 285 g/mol. The fraction of sp³-hybridized carbons (Fsp3) is 0.500. The van der Waals surface area contributed by atoms with Gasteiger partial charge in [0.05, 0.1) is 10.7 Å². The Labute approximate surface area is 120 Å². The van der Waals surface area contributed by atoms with Crippen molar-refractivity contribution in [3.05, 3.63) is 28.8 Å². The molecule has 0 aromatic heterocycles. The second kappa shape index (κ2) is 7.59. The van der Waals surface area contributed by atoms with E-state index in [-0.39, 0.29) is 0 Å². The first-order valence-corrected chi connectivity index (χ1v) is 7.19. The van der Waals surface area contributed by atoms with Crippen LogP contribution in [0, 0.1) is 0 Å². The summed E-state index contributed by atoms with van der Waals surface area (Å²) in [7, 11) is 0. The van der Waals surface area contributed by atoms with Crippen LogP contribution in [0.5, 0.6) is 0 Å². The Balaban J connectivity index is 2.59. The van der Waals surface area contributed by atoms with Gasteiger partial charge in [0, 0.05) is 11.6 Å². The summed E-state index contributed by atoms with van der Waals surface area (Å²) in [5.74, 6) is 0. The van der Waals surface area contributed by atoms with E-state index in [1.54, 1.807) is 0 Å². The van der Waals surface area contributed by atoms with Crippen molar-refractivity contribution in [2.75, 3.05) is 5.32 Å². The number of nitrogens with two attached hydrogens (primary N) is 1. The van der Waals surface area contributed by atoms with Crippen LogP contribution in [0.3, 0.4) is 0 Å². The molecule has 0 aliphatic carbocycles. The number of halogens is 1. The lowest BCUT2D eigenvalue weighted by Crippen LogP contribution is -2.15. The molecule has 1 rings (SSSR count). The Morgan fingerprint density at radius 1 is 1.44 bits per heavy atom. The molecule has 1 aromatic rings. The highest BCUT2D eigenvalue weighted by Gasteiger charge is 2.07. The van der Waals surface area contributed by atoms with Gasteiger partial charge >= 0.3 is 0 Å². The molecule has 0 saturated carbocycles. The number of rotatable bonds is 7. The summed E-state index contributed by atoms with van der Waals surface area (Å²) >= 11 is 11.1. The highest BCUT2D eigenvalue weighted by Crippen LogP contribution is 2.24. The van der Waals surface area contributed by atoms with Gasteiger partial charge < -0.3 is 11.1 Å². The molecule has 4 heteroatoms. The van der Waals surface area contributed by atoms with E-state index in [1.807, 2.05) is 18.2 Å². The van der Waals surface area contributed by atoms with Crippen molar-refractivity contribution >= 4 is 34.5 Å². The molecule has 0 fully saturated rings. The van der Waals surface area contributed by atoms with Gasteiger partial charge in [-0.25, -0.2) is 0 Å². The summed E-state index contributed by atoms with van der Waals surface area (Å²) < 4.78 is 0. The maximum Gasteiger partial charge on any atom is 0.104 e. The molecule has 100 valence electrons. The monoisotopic (exact) mass is 284 g/mol. The summed E-state index contributed by atoms with van der Waals surface area (Å²) in [6.07, 6.45) is 4.92. The molecular weight excluding hydrogens is 264 g/mol. The highest BCUT2D eigenvalue weighted by molar-refractivity contribution is 7.80. The van der Waals surface area contributed by atoms with Gasteiger partial charge in [0.15, 0.2) is 0 Å². The zero-order chi connectivity index (χ0) is 13.5. The first kappa shape index (κ1) is 15.3. The maximum atomic E-state index is 6.20. The Bertz CT molecular complexity index is 407. The van der Waals surface area contributed by atoms with Crippen molar-refractivity contribution in [3.8, 4) is 0 Å². The SMILES string of the molecule is CCCCCC(C)Nc1ccc(C(N)=S)cc1Cl. The van der Waals surface area contributed by atoms with E-state index in [2.05, 4.69) is 19.2 Å². The van der Waals surface area contributed by atoms with E-state index in [4.69, 9.17) is 29.6 Å². The van der Waals surface area contributed by atoms with Gasteiger partial charge in [-0.3, -0.25) is 0 Å². The third kappa shape index (κ3) is 4.83. The van der Waals surface area contributed by atoms with Crippen LogP contribution in [0.1, 0.15) is 45.1 Å². The van der Waals surface area contributed by atoms with Gasteiger partial charge in [0.2, 0.25) is 0 Å². The number of nitrogens with one attached hydrogen (secondary N) is 1. The lowest BCUT2D eigenvalue weighted by atomic mass is 10.1. The van der Waals surface area contributed by atoms with Crippen LogP contribution in [-0.2, 0) is 0 Å². The van der Waals surface area contributed by atoms with Gasteiger partial charge in [-0.15, -0.1) is 0 Å². The number of thiocarbonyl (C=S) groups is 1. The molecule has 1 atom stereocenters. The van der Waals surface area contributed by atoms with Crippen molar-refractivity contribution < 1.29 is 0 Å². The largest absolute Gasteiger partial charge is 0.389 e. The lowest BCUT2D eigenvalue weighted by molar-refractivity contribution is 0.615. The first-order valence-electron chi connectivity index (χ1n) is 6.40. The minimum atomic E-state index is 0.374. The van der Waals surface area contributed by atoms with Crippen LogP contribution in [0.25, 0.3) is 0 Å². The minimum Gasteiger partial charge on any atom is -0.389 e. The summed E-state index contributed by atoms with van der Waals surface area (Å²) in [6, 6.07) is 6.07. The molecule has 0 aliphatic rings. The predicted molar refractivity (Wildman–Crippen MR) is 84.6 cm³/mol. The molecule has 3 N–H and O–H groups in total. The summed E-state index contributed by atoms with van der Waals surface area (Å²) in [4.78, 5) is 0.374. The highest BCUT2D eigenvalue weighted by atomic mass is 35.5. The molecule has 0 saturated heterocycles. The number of hydrogen-bond acceptors (Lipinski definition) is 2. The Hall–Kier alpha value is -0.800. The van der Waals surface area contributed by atoms with E-state index in [9.17, 15) is 0 Å². The van der Waals surface area contributed by atoms with Crippen LogP contribution in [0.15, 0.2) is 18.2 Å². The molecule has 0 radical (unpaired) electrons. The first-order chi connectivity index (χ1) is 8.54. The fourth-order valence-electron chi connectivity index (χ4n) is 1.82. The van der Waals surface area contributed by atoms with E-state index < -0.39 is 0 Å². The maximum absolute atomic E-state index is 6.20. The van der Waals surface area contributed by atoms with E-state index >= 15 is 0 Å². The Kier molecular flexibility index (Phi) is 6.44. The van der Waals surface area contributed by atoms with Crippen molar-refractivity contribution in [1.29, 1.82) is 0 Å². The van der Waals surface area contributed by atoms with E-state index in [0.717, 1.165) is 17.7 Å². The van der Waals surface area contributed by atoms with Crippen LogP contribution in [0.4, 0.5) is 5.69 Å². The van der Waals surface area contributed by atoms with Crippen molar-refractivity contribution in [1.82, 2.24) is 0 Å². The fourth-order valence-corrected chi connectivity index (χ4v) is 2.19. The van der Waals surface area contributed by atoms with Crippen molar-refractivity contribution in [2.24, 2.45) is 5.73 Å². The molecule has 2 nitrogen and oxygen atoms in total. The smallest absolute Gasteiger partial charge is 0.104 e. The van der Waals surface area contributed by atoms with Crippen LogP contribution < -0.4 is 11.1 Å². The second-order valence-corrected chi connectivity index (χ2v) is 5.45. The van der Waals surface area contributed by atoms with Gasteiger partial charge in [0.25, 0.3) is 0 Å². The number of hydrogen-bond donors (Lipinski definition) is 2. The van der Waals surface area contributed by atoms with E-state index in [1.165, 1.54) is 19.3 Å². The van der Waals surface area contributed by atoms with E-state index in [0.29, 0.717) is 16.1 Å². The standard InChI is InChI=1S/C14H21ClN2S/c1-3-4-5-6-10(2)17-13-8-7-11(14(16)18)9-12(13)15/h7-10,17H,3-6H2,1-2H3,(H2,16,18). The lowest BCUT2D eigenvalue weighted by Gasteiger charge is -2.16. The number of anilines is 1. The van der Waals surface area contributed by atoms with Gasteiger partial charge in [-0.2, -0.15) is 0 Å². The average Bonchev–Trinajstić information content (AvgIpc) is 2.32. The van der Waals surface area contributed by atoms with Gasteiger partial charge in [-0.1, -0.05) is 50.0 Å². The zero-order valence-electron chi connectivity index (χ0n) is 11.0. The molecule has 0 heterocycles. The third-order valence-electron chi connectivity index (χ3n) is 2.90. The molecule has 0 aliphatic heterocycles. The minimum absolute atomic E-state index is 0.374. The Morgan fingerprint density at radius 2 is 2.17 bits per heavy atom. The molecule has 1 unspecified atom stereocenters. The van der Waals surface area contributed by atoms with Crippen LogP contribution >= 0.6 is 23.8 Å². The molecule has 0 amide bonds. The quantitative estimate of drug-likeness (QED) is 0.577. The third-order valence-corrected chi connectivity index (χ3v) is 3.44. The molecular formula is C14H21ClN2S. The summed E-state index contributed by atoms with van der Waals surface area (Å²) in [5, 5.41) is 4.09. The second-order valence-electron chi connectivity index (χ2n) is 4.60. The molecule has 1 aromatic carbocycles. The summed E-state index contributed by atoms with van der Waals surface area (Å²) in [6.45, 7) is 4.39. The van der Waals surface area contributed by atoms with Gasteiger partial charge in [0.1, 0.15) is 4.99 Å². The topological polar surface area (TPSA) is 38.0 Å². The van der Waals surface area contributed by atoms with Crippen molar-refractivity contribution in [3.63, 3.8) is 0 Å². The van der Waals surface area contributed by atoms with Crippen LogP contribution in [-0.4, -0.2) is 11.0 Å². The molecule has 0 spiro atoms. The number of benzene rings is 1. The zero-order valence-corrected chi connectivity index (χ0v) is 12.6. The normalized spacial score (nSPS) is 12.2.